The minimum atomic E-state index is -4.46. The van der Waals surface area contributed by atoms with Crippen LogP contribution in [-0.2, 0) is 23.9 Å². The van der Waals surface area contributed by atoms with Crippen LogP contribution in [0.5, 0.6) is 0 Å². The quantitative estimate of drug-likeness (QED) is 0.236. The van der Waals surface area contributed by atoms with Crippen LogP contribution in [0.15, 0.2) is 79.0 Å². The topological polar surface area (TPSA) is 56.4 Å². The summed E-state index contributed by atoms with van der Waals surface area (Å²) >= 11 is 0. The number of nitrogens with zero attached hydrogens (tertiary/aromatic N) is 2. The molecule has 0 unspecified atom stereocenters. The third kappa shape index (κ3) is 7.04. The van der Waals surface area contributed by atoms with Gasteiger partial charge in [-0.2, -0.15) is 13.2 Å². The molecule has 1 heterocycles. The summed E-state index contributed by atoms with van der Waals surface area (Å²) in [6, 6.07) is 17.8. The molecule has 0 bridgehead atoms. The molecule has 0 atom stereocenters. The number of carbonyl (C=O) groups excluding carboxylic acids is 2. The minimum Gasteiger partial charge on any atom is -0.361 e. The first-order valence-corrected chi connectivity index (χ1v) is 12.7. The van der Waals surface area contributed by atoms with Gasteiger partial charge in [0.05, 0.1) is 5.56 Å². The van der Waals surface area contributed by atoms with E-state index in [1.807, 2.05) is 37.4 Å². The Morgan fingerprint density at radius 2 is 1.64 bits per heavy atom. The number of fused-ring (bicyclic) bond motifs is 1. The Labute approximate surface area is 224 Å². The molecule has 39 heavy (non-hydrogen) atoms. The molecule has 1 aromatic heterocycles. The molecule has 5 nitrogen and oxygen atoms in total. The van der Waals surface area contributed by atoms with Gasteiger partial charge in [0.2, 0.25) is 5.91 Å². The van der Waals surface area contributed by atoms with E-state index in [1.165, 1.54) is 35.2 Å². The maximum Gasteiger partial charge on any atom is 0.416 e. The van der Waals surface area contributed by atoms with Gasteiger partial charge in [-0.1, -0.05) is 43.3 Å². The Morgan fingerprint density at radius 3 is 2.33 bits per heavy atom. The number of carbonyl (C=O) groups is 2. The number of benzene rings is 3. The summed E-state index contributed by atoms with van der Waals surface area (Å²) in [6.45, 7) is 2.28. The van der Waals surface area contributed by atoms with Gasteiger partial charge >= 0.3 is 6.18 Å². The van der Waals surface area contributed by atoms with Crippen LogP contribution in [0.25, 0.3) is 10.9 Å². The Hall–Kier alpha value is -4.14. The van der Waals surface area contributed by atoms with E-state index in [1.54, 1.807) is 4.90 Å². The van der Waals surface area contributed by atoms with Crippen molar-refractivity contribution >= 4 is 22.7 Å². The monoisotopic (exact) mass is 539 g/mol. The normalized spacial score (nSPS) is 11.5. The largest absolute Gasteiger partial charge is 0.416 e. The number of para-hydroxylation sites is 1. The van der Waals surface area contributed by atoms with Crippen molar-refractivity contribution in [3.8, 4) is 0 Å². The smallest absolute Gasteiger partial charge is 0.361 e. The molecule has 4 aromatic rings. The van der Waals surface area contributed by atoms with E-state index in [0.717, 1.165) is 34.7 Å². The summed E-state index contributed by atoms with van der Waals surface area (Å²) < 4.78 is 52.9. The predicted molar refractivity (Wildman–Crippen MR) is 141 cm³/mol. The van der Waals surface area contributed by atoms with E-state index in [0.29, 0.717) is 18.4 Å². The van der Waals surface area contributed by atoms with Crippen LogP contribution in [0.2, 0.25) is 0 Å². The van der Waals surface area contributed by atoms with Crippen molar-refractivity contribution in [2.75, 3.05) is 19.6 Å². The number of amides is 2. The molecular formula is C30H29F4N3O2. The van der Waals surface area contributed by atoms with Crippen molar-refractivity contribution in [2.45, 2.75) is 32.5 Å². The summed E-state index contributed by atoms with van der Waals surface area (Å²) in [4.78, 5) is 32.8. The minimum absolute atomic E-state index is 0.0768. The lowest BCUT2D eigenvalue weighted by Crippen LogP contribution is -2.43. The Bertz CT molecular complexity index is 1430. The molecule has 0 saturated carbocycles. The van der Waals surface area contributed by atoms with Gasteiger partial charge in [-0.05, 0) is 60.4 Å². The highest BCUT2D eigenvalue weighted by Crippen LogP contribution is 2.29. The fraction of sp³-hybridized carbons (Fsp3) is 0.267. The average Bonchev–Trinajstić information content (AvgIpc) is 3.33. The molecule has 4 rings (SSSR count). The highest BCUT2D eigenvalue weighted by molar-refractivity contribution is 5.96. The van der Waals surface area contributed by atoms with Crippen molar-refractivity contribution in [3.63, 3.8) is 0 Å². The van der Waals surface area contributed by atoms with Gasteiger partial charge in [0.25, 0.3) is 5.91 Å². The zero-order valence-corrected chi connectivity index (χ0v) is 21.5. The molecule has 1 N–H and O–H groups in total. The van der Waals surface area contributed by atoms with E-state index in [-0.39, 0.29) is 37.6 Å². The average molecular weight is 540 g/mol. The molecular weight excluding hydrogens is 510 g/mol. The van der Waals surface area contributed by atoms with Crippen molar-refractivity contribution in [1.29, 1.82) is 0 Å². The number of aromatic nitrogens is 1. The van der Waals surface area contributed by atoms with Gasteiger partial charge in [0, 0.05) is 42.3 Å². The summed E-state index contributed by atoms with van der Waals surface area (Å²) in [5, 5.41) is 1.02. The Morgan fingerprint density at radius 1 is 0.897 bits per heavy atom. The fourth-order valence-corrected chi connectivity index (χ4v) is 4.50. The van der Waals surface area contributed by atoms with Crippen LogP contribution in [0.4, 0.5) is 17.6 Å². The highest BCUT2D eigenvalue weighted by atomic mass is 19.4. The number of aromatic amines is 1. The molecule has 0 spiro atoms. The van der Waals surface area contributed by atoms with E-state index in [4.69, 9.17) is 0 Å². The summed E-state index contributed by atoms with van der Waals surface area (Å²) in [7, 11) is 0. The number of rotatable bonds is 10. The second-order valence-corrected chi connectivity index (χ2v) is 9.36. The van der Waals surface area contributed by atoms with Gasteiger partial charge in [-0.15, -0.1) is 0 Å². The maximum absolute atomic E-state index is 13.7. The zero-order chi connectivity index (χ0) is 28.0. The van der Waals surface area contributed by atoms with E-state index < -0.39 is 23.5 Å². The molecule has 204 valence electrons. The third-order valence-corrected chi connectivity index (χ3v) is 6.51. The van der Waals surface area contributed by atoms with E-state index >= 15 is 0 Å². The lowest BCUT2D eigenvalue weighted by Gasteiger charge is -2.28. The summed E-state index contributed by atoms with van der Waals surface area (Å²) in [5.41, 5.74) is 1.87. The molecule has 0 aliphatic carbocycles. The molecule has 9 heteroatoms. The van der Waals surface area contributed by atoms with Crippen LogP contribution in [0.3, 0.4) is 0 Å². The number of hydrogen-bond donors (Lipinski definition) is 1. The predicted octanol–water partition coefficient (Wildman–Crippen LogP) is 6.45. The van der Waals surface area contributed by atoms with E-state index in [9.17, 15) is 27.2 Å². The first kappa shape index (κ1) is 27.9. The van der Waals surface area contributed by atoms with E-state index in [2.05, 4.69) is 4.98 Å². The van der Waals surface area contributed by atoms with Gasteiger partial charge in [0.1, 0.15) is 12.4 Å². The van der Waals surface area contributed by atoms with Gasteiger partial charge in [-0.3, -0.25) is 9.59 Å². The number of halogens is 4. The lowest BCUT2D eigenvalue weighted by molar-refractivity contribution is -0.137. The molecule has 0 saturated heterocycles. The fourth-order valence-electron chi connectivity index (χ4n) is 4.50. The number of H-pyrrole nitrogens is 1. The summed E-state index contributed by atoms with van der Waals surface area (Å²) in [6.07, 6.45) is -1.49. The van der Waals surface area contributed by atoms with Crippen molar-refractivity contribution in [3.05, 3.63) is 107 Å². The van der Waals surface area contributed by atoms with Crippen molar-refractivity contribution < 1.29 is 27.2 Å². The maximum atomic E-state index is 13.7. The van der Waals surface area contributed by atoms with Crippen LogP contribution in [-0.4, -0.2) is 46.2 Å². The second kappa shape index (κ2) is 12.1. The molecule has 0 aliphatic heterocycles. The molecule has 3 aromatic carbocycles. The molecule has 2 amide bonds. The van der Waals surface area contributed by atoms with Crippen LogP contribution < -0.4 is 0 Å². The molecule has 0 aliphatic rings. The molecule has 0 fully saturated rings. The lowest BCUT2D eigenvalue weighted by atomic mass is 10.1. The second-order valence-electron chi connectivity index (χ2n) is 9.36. The number of alkyl halides is 3. The summed E-state index contributed by atoms with van der Waals surface area (Å²) in [5.74, 6) is -1.37. The molecule has 0 radical (unpaired) electrons. The van der Waals surface area contributed by atoms with Crippen LogP contribution in [0.1, 0.15) is 40.4 Å². The van der Waals surface area contributed by atoms with Gasteiger partial charge in [-0.25, -0.2) is 4.39 Å². The van der Waals surface area contributed by atoms with Crippen LogP contribution >= 0.6 is 0 Å². The number of hydrogen-bond acceptors (Lipinski definition) is 2. The standard InChI is InChI=1S/C30H29F4N3O2/c1-2-15-37(29(39)22-6-5-7-25(31)17-22)20-28(38)36(19-21-10-12-24(13-11-21)30(32,33)34)16-14-23-18-35-27-9-4-3-8-26(23)27/h3-13,17-18,35H,2,14-16,19-20H2,1H3. The Kier molecular flexibility index (Phi) is 8.69. The first-order valence-electron chi connectivity index (χ1n) is 12.7. The van der Waals surface area contributed by atoms with Gasteiger partial charge in [0.15, 0.2) is 0 Å². The highest BCUT2D eigenvalue weighted by Gasteiger charge is 2.30. The van der Waals surface area contributed by atoms with Crippen molar-refractivity contribution in [2.24, 2.45) is 0 Å². The number of nitrogens with one attached hydrogen (secondary N) is 1. The van der Waals surface area contributed by atoms with Crippen LogP contribution in [0, 0.1) is 5.82 Å². The Balaban J connectivity index is 1.55. The zero-order valence-electron chi connectivity index (χ0n) is 21.5. The van der Waals surface area contributed by atoms with Gasteiger partial charge < -0.3 is 14.8 Å². The third-order valence-electron chi connectivity index (χ3n) is 6.51. The van der Waals surface area contributed by atoms with Crippen molar-refractivity contribution in [1.82, 2.24) is 14.8 Å². The first-order chi connectivity index (χ1) is 18.7. The SMILES string of the molecule is CCCN(CC(=O)N(CCc1c[nH]c2ccccc12)Cc1ccc(C(F)(F)F)cc1)C(=O)c1cccc(F)c1.